The Hall–Kier alpha value is -0.370. The number of halogens is 1. The van der Waals surface area contributed by atoms with Crippen molar-refractivity contribution < 1.29 is 13.2 Å². The largest absolute Gasteiger partial charge is 0.339 e. The molecule has 8 heteroatoms. The molecule has 1 amide bonds. The van der Waals surface area contributed by atoms with Gasteiger partial charge in [0, 0.05) is 26.2 Å². The molecule has 0 saturated carbocycles. The van der Waals surface area contributed by atoms with Gasteiger partial charge in [0.15, 0.2) is 0 Å². The Balaban J connectivity index is 0.00000289. The van der Waals surface area contributed by atoms with Crippen molar-refractivity contribution in [3.8, 4) is 0 Å². The van der Waals surface area contributed by atoms with E-state index in [1.54, 1.807) is 4.90 Å². The van der Waals surface area contributed by atoms with Crippen LogP contribution in [0.3, 0.4) is 0 Å². The van der Waals surface area contributed by atoms with Gasteiger partial charge in [0.25, 0.3) is 0 Å². The Morgan fingerprint density at radius 2 is 1.61 bits per heavy atom. The molecule has 0 aromatic heterocycles. The summed E-state index contributed by atoms with van der Waals surface area (Å²) in [7, 11) is -3.15. The van der Waals surface area contributed by atoms with E-state index in [1.165, 1.54) is 10.6 Å². The summed E-state index contributed by atoms with van der Waals surface area (Å²) in [5.41, 5.74) is 5.79. The van der Waals surface area contributed by atoms with Crippen LogP contribution in [-0.4, -0.2) is 62.0 Å². The molecule has 1 heterocycles. The van der Waals surface area contributed by atoms with E-state index < -0.39 is 16.1 Å². The minimum absolute atomic E-state index is 0. The predicted octanol–water partition coefficient (Wildman–Crippen LogP) is -0.505. The quantitative estimate of drug-likeness (QED) is 0.761. The fourth-order valence-corrected chi connectivity index (χ4v) is 2.56. The Morgan fingerprint density at radius 1 is 1.17 bits per heavy atom. The average Bonchev–Trinajstić information content (AvgIpc) is 2.26. The topological polar surface area (TPSA) is 83.7 Å². The molecule has 0 aromatic rings. The second kappa shape index (κ2) is 6.70. The molecule has 108 valence electrons. The van der Waals surface area contributed by atoms with Gasteiger partial charge in [-0.2, -0.15) is 4.31 Å². The molecule has 18 heavy (non-hydrogen) atoms. The second-order valence-electron chi connectivity index (χ2n) is 4.76. The molecule has 0 aromatic carbocycles. The Morgan fingerprint density at radius 3 is 1.94 bits per heavy atom. The van der Waals surface area contributed by atoms with Crippen LogP contribution < -0.4 is 5.73 Å². The first-order valence-electron chi connectivity index (χ1n) is 5.73. The second-order valence-corrected chi connectivity index (χ2v) is 6.74. The maximum atomic E-state index is 11.9. The summed E-state index contributed by atoms with van der Waals surface area (Å²) in [6.07, 6.45) is 1.18. The van der Waals surface area contributed by atoms with Gasteiger partial charge in [0.2, 0.25) is 15.9 Å². The maximum Gasteiger partial charge on any atom is 0.239 e. The van der Waals surface area contributed by atoms with Crippen LogP contribution in [0.25, 0.3) is 0 Å². The van der Waals surface area contributed by atoms with Crippen molar-refractivity contribution in [1.82, 2.24) is 9.21 Å². The lowest BCUT2D eigenvalue weighted by Gasteiger charge is -2.35. The van der Waals surface area contributed by atoms with E-state index in [9.17, 15) is 13.2 Å². The summed E-state index contributed by atoms with van der Waals surface area (Å²) >= 11 is 0. The molecule has 1 aliphatic rings. The summed E-state index contributed by atoms with van der Waals surface area (Å²) in [5, 5.41) is 0. The first kappa shape index (κ1) is 17.6. The molecule has 6 nitrogen and oxygen atoms in total. The van der Waals surface area contributed by atoms with Gasteiger partial charge in [-0.3, -0.25) is 4.79 Å². The fourth-order valence-electron chi connectivity index (χ4n) is 1.74. The zero-order valence-corrected chi connectivity index (χ0v) is 12.6. The van der Waals surface area contributed by atoms with E-state index >= 15 is 0 Å². The summed E-state index contributed by atoms with van der Waals surface area (Å²) in [4.78, 5) is 13.6. The molecule has 0 bridgehead atoms. The molecule has 1 aliphatic heterocycles. The van der Waals surface area contributed by atoms with Crippen molar-refractivity contribution in [2.75, 3.05) is 32.4 Å². The van der Waals surface area contributed by atoms with Gasteiger partial charge in [-0.25, -0.2) is 8.42 Å². The van der Waals surface area contributed by atoms with Crippen LogP contribution in [-0.2, 0) is 14.8 Å². The maximum absolute atomic E-state index is 11.9. The number of nitrogens with zero attached hydrogens (tertiary/aromatic N) is 2. The van der Waals surface area contributed by atoms with E-state index in [-0.39, 0.29) is 24.2 Å². The molecule has 0 spiro atoms. The lowest BCUT2D eigenvalue weighted by atomic mass is 10.0. The van der Waals surface area contributed by atoms with Gasteiger partial charge in [-0.1, -0.05) is 13.8 Å². The smallest absolute Gasteiger partial charge is 0.239 e. The fraction of sp³-hybridized carbons (Fsp3) is 0.900. The first-order chi connectivity index (χ1) is 7.73. The zero-order chi connectivity index (χ0) is 13.2. The molecular formula is C10H22ClN3O3S. The Bertz CT molecular complexity index is 378. The van der Waals surface area contributed by atoms with E-state index in [0.29, 0.717) is 26.2 Å². The number of sulfonamides is 1. The molecule has 1 saturated heterocycles. The van der Waals surface area contributed by atoms with Crippen molar-refractivity contribution >= 4 is 28.3 Å². The molecule has 1 fully saturated rings. The van der Waals surface area contributed by atoms with Gasteiger partial charge in [0.05, 0.1) is 12.3 Å². The monoisotopic (exact) mass is 299 g/mol. The van der Waals surface area contributed by atoms with Gasteiger partial charge >= 0.3 is 0 Å². The minimum Gasteiger partial charge on any atom is -0.339 e. The summed E-state index contributed by atoms with van der Waals surface area (Å²) < 4.78 is 24.0. The molecule has 1 atom stereocenters. The standard InChI is InChI=1S/C10H21N3O3S.ClH/c1-8(2)9(11)10(14)12-4-6-13(7-5-12)17(3,15)16;/h8-9H,4-7,11H2,1-3H3;1H/t9-;/m1./s1. The molecule has 1 rings (SSSR count). The Kier molecular flexibility index (Phi) is 6.56. The van der Waals surface area contributed by atoms with Gasteiger partial charge in [-0.05, 0) is 5.92 Å². The molecule has 2 N–H and O–H groups in total. The van der Waals surface area contributed by atoms with Crippen LogP contribution >= 0.6 is 12.4 Å². The number of rotatable bonds is 3. The SMILES string of the molecule is CC(C)[C@@H](N)C(=O)N1CCN(S(C)(=O)=O)CC1.Cl. The van der Waals surface area contributed by atoms with E-state index in [1.807, 2.05) is 13.8 Å². The number of hydrogen-bond acceptors (Lipinski definition) is 4. The van der Waals surface area contributed by atoms with Crippen LogP contribution in [0.2, 0.25) is 0 Å². The highest BCUT2D eigenvalue weighted by atomic mass is 35.5. The zero-order valence-electron chi connectivity index (χ0n) is 11.0. The average molecular weight is 300 g/mol. The highest BCUT2D eigenvalue weighted by molar-refractivity contribution is 7.88. The normalized spacial score (nSPS) is 19.5. The number of carbonyl (C=O) groups excluding carboxylic acids is 1. The van der Waals surface area contributed by atoms with Crippen molar-refractivity contribution in [2.24, 2.45) is 11.7 Å². The van der Waals surface area contributed by atoms with Crippen LogP contribution in [0.5, 0.6) is 0 Å². The summed E-state index contributed by atoms with van der Waals surface area (Å²) in [5.74, 6) is 0.00332. The number of hydrogen-bond donors (Lipinski definition) is 1. The lowest BCUT2D eigenvalue weighted by molar-refractivity contribution is -0.134. The summed E-state index contributed by atoms with van der Waals surface area (Å²) in [6, 6.07) is -0.500. The van der Waals surface area contributed by atoms with E-state index in [2.05, 4.69) is 0 Å². The molecular weight excluding hydrogens is 278 g/mol. The third kappa shape index (κ3) is 4.38. The summed E-state index contributed by atoms with van der Waals surface area (Å²) in [6.45, 7) is 5.36. The van der Waals surface area contributed by atoms with Crippen LogP contribution in [0.4, 0.5) is 0 Å². The highest BCUT2D eigenvalue weighted by Gasteiger charge is 2.29. The van der Waals surface area contributed by atoms with Gasteiger partial charge < -0.3 is 10.6 Å². The predicted molar refractivity (Wildman–Crippen MR) is 73.1 cm³/mol. The van der Waals surface area contributed by atoms with Crippen LogP contribution in [0.1, 0.15) is 13.8 Å². The van der Waals surface area contributed by atoms with Crippen molar-refractivity contribution in [1.29, 1.82) is 0 Å². The molecule has 0 aliphatic carbocycles. The van der Waals surface area contributed by atoms with Crippen molar-refractivity contribution in [3.05, 3.63) is 0 Å². The third-order valence-corrected chi connectivity index (χ3v) is 4.33. The number of nitrogens with two attached hydrogens (primary N) is 1. The van der Waals surface area contributed by atoms with Crippen molar-refractivity contribution in [2.45, 2.75) is 19.9 Å². The number of amides is 1. The third-order valence-electron chi connectivity index (χ3n) is 3.02. The van der Waals surface area contributed by atoms with Gasteiger partial charge in [-0.15, -0.1) is 12.4 Å². The number of carbonyl (C=O) groups is 1. The van der Waals surface area contributed by atoms with Crippen molar-refractivity contribution in [3.63, 3.8) is 0 Å². The highest BCUT2D eigenvalue weighted by Crippen LogP contribution is 2.09. The first-order valence-corrected chi connectivity index (χ1v) is 7.58. The van der Waals surface area contributed by atoms with Gasteiger partial charge in [0.1, 0.15) is 0 Å². The molecule has 0 radical (unpaired) electrons. The van der Waals surface area contributed by atoms with E-state index in [4.69, 9.17) is 5.73 Å². The number of piperazine rings is 1. The minimum atomic E-state index is -3.15. The Labute approximate surface area is 115 Å². The lowest BCUT2D eigenvalue weighted by Crippen LogP contribution is -2.55. The molecule has 0 unspecified atom stereocenters. The van der Waals surface area contributed by atoms with E-state index in [0.717, 1.165) is 0 Å². The van der Waals surface area contributed by atoms with Crippen LogP contribution in [0, 0.1) is 5.92 Å². The van der Waals surface area contributed by atoms with Crippen LogP contribution in [0.15, 0.2) is 0 Å².